The SMILES string of the molecule is O=C(O)c1cn(C2CN(C(=O)c3c[nH]c(=O)[nH]3)C2)nn1. The maximum Gasteiger partial charge on any atom is 0.358 e. The molecule has 0 bridgehead atoms. The van der Waals surface area contributed by atoms with Crippen LogP contribution in [0.5, 0.6) is 0 Å². The lowest BCUT2D eigenvalue weighted by atomic mass is 10.1. The number of aromatic nitrogens is 5. The van der Waals surface area contributed by atoms with Gasteiger partial charge >= 0.3 is 11.7 Å². The highest BCUT2D eigenvalue weighted by Gasteiger charge is 2.34. The highest BCUT2D eigenvalue weighted by Crippen LogP contribution is 2.21. The van der Waals surface area contributed by atoms with Gasteiger partial charge in [0.05, 0.1) is 12.2 Å². The van der Waals surface area contributed by atoms with Crippen LogP contribution in [0.25, 0.3) is 0 Å². The third kappa shape index (κ3) is 1.96. The van der Waals surface area contributed by atoms with Crippen molar-refractivity contribution in [2.24, 2.45) is 0 Å². The van der Waals surface area contributed by atoms with Crippen molar-refractivity contribution in [3.8, 4) is 0 Å². The number of rotatable bonds is 3. The number of aromatic carboxylic acids is 1. The van der Waals surface area contributed by atoms with Crippen LogP contribution in [0.4, 0.5) is 0 Å². The normalized spacial score (nSPS) is 15.1. The van der Waals surface area contributed by atoms with Gasteiger partial charge in [-0.1, -0.05) is 5.21 Å². The molecule has 104 valence electrons. The van der Waals surface area contributed by atoms with Gasteiger partial charge in [0.25, 0.3) is 5.91 Å². The highest BCUT2D eigenvalue weighted by molar-refractivity contribution is 5.92. The minimum Gasteiger partial charge on any atom is -0.476 e. The number of nitrogens with zero attached hydrogens (tertiary/aromatic N) is 4. The van der Waals surface area contributed by atoms with E-state index in [1.807, 2.05) is 0 Å². The van der Waals surface area contributed by atoms with Crippen LogP contribution in [-0.4, -0.2) is 59.9 Å². The fourth-order valence-corrected chi connectivity index (χ4v) is 1.96. The monoisotopic (exact) mass is 278 g/mol. The Morgan fingerprint density at radius 3 is 2.70 bits per heavy atom. The average Bonchev–Trinajstić information content (AvgIpc) is 2.96. The predicted molar refractivity (Wildman–Crippen MR) is 63.3 cm³/mol. The van der Waals surface area contributed by atoms with Crippen molar-refractivity contribution in [1.29, 1.82) is 0 Å². The van der Waals surface area contributed by atoms with Crippen LogP contribution in [0, 0.1) is 0 Å². The standard InChI is InChI=1S/C10H10N6O4/c17-8(6-1-11-10(20)12-6)15-2-5(3-15)16-4-7(9(18)19)13-14-16/h1,4-5H,2-3H2,(H,18,19)(H2,11,12,20). The third-order valence-electron chi connectivity index (χ3n) is 3.08. The molecule has 2 aromatic heterocycles. The Morgan fingerprint density at radius 1 is 1.40 bits per heavy atom. The Bertz CT molecular complexity index is 722. The van der Waals surface area contributed by atoms with E-state index in [9.17, 15) is 14.4 Å². The van der Waals surface area contributed by atoms with Gasteiger partial charge < -0.3 is 20.0 Å². The lowest BCUT2D eigenvalue weighted by Gasteiger charge is -2.38. The number of hydrogen-bond acceptors (Lipinski definition) is 5. The van der Waals surface area contributed by atoms with Crippen LogP contribution in [0.1, 0.15) is 27.0 Å². The number of H-pyrrole nitrogens is 2. The van der Waals surface area contributed by atoms with Crippen molar-refractivity contribution in [3.63, 3.8) is 0 Å². The van der Waals surface area contributed by atoms with Crippen molar-refractivity contribution >= 4 is 11.9 Å². The molecule has 10 nitrogen and oxygen atoms in total. The zero-order valence-electron chi connectivity index (χ0n) is 10.1. The molecule has 1 fully saturated rings. The molecule has 0 unspecified atom stereocenters. The molecule has 1 amide bonds. The molecule has 2 aromatic rings. The van der Waals surface area contributed by atoms with Crippen molar-refractivity contribution in [2.45, 2.75) is 6.04 Å². The van der Waals surface area contributed by atoms with E-state index in [4.69, 9.17) is 5.11 Å². The lowest BCUT2D eigenvalue weighted by Crippen LogP contribution is -2.51. The summed E-state index contributed by atoms with van der Waals surface area (Å²) in [4.78, 5) is 39.8. The summed E-state index contributed by atoms with van der Waals surface area (Å²) in [7, 11) is 0. The molecule has 20 heavy (non-hydrogen) atoms. The first-order valence-corrected chi connectivity index (χ1v) is 5.76. The first-order chi connectivity index (χ1) is 9.54. The van der Waals surface area contributed by atoms with Gasteiger partial charge in [-0.05, 0) is 0 Å². The number of carboxylic acid groups (broad SMARTS) is 1. The van der Waals surface area contributed by atoms with E-state index in [1.54, 1.807) is 0 Å². The Morgan fingerprint density at radius 2 is 2.15 bits per heavy atom. The number of imidazole rings is 1. The van der Waals surface area contributed by atoms with Crippen molar-refractivity contribution in [1.82, 2.24) is 29.9 Å². The van der Waals surface area contributed by atoms with E-state index in [0.717, 1.165) is 0 Å². The van der Waals surface area contributed by atoms with Crippen molar-refractivity contribution in [3.05, 3.63) is 34.3 Å². The zero-order chi connectivity index (χ0) is 14.3. The molecule has 0 aliphatic carbocycles. The van der Waals surface area contributed by atoms with Crippen LogP contribution >= 0.6 is 0 Å². The van der Waals surface area contributed by atoms with E-state index in [1.165, 1.54) is 22.0 Å². The maximum atomic E-state index is 11.9. The number of carboxylic acids is 1. The number of hydrogen-bond donors (Lipinski definition) is 3. The van der Waals surface area contributed by atoms with Crippen LogP contribution < -0.4 is 5.69 Å². The molecular weight excluding hydrogens is 268 g/mol. The predicted octanol–water partition coefficient (Wildman–Crippen LogP) is -1.31. The summed E-state index contributed by atoms with van der Waals surface area (Å²) in [5.74, 6) is -1.44. The molecule has 1 aliphatic heterocycles. The molecular formula is C10H10N6O4. The molecule has 3 rings (SSSR count). The smallest absolute Gasteiger partial charge is 0.358 e. The summed E-state index contributed by atoms with van der Waals surface area (Å²) < 4.78 is 1.42. The lowest BCUT2D eigenvalue weighted by molar-refractivity contribution is 0.0492. The van der Waals surface area contributed by atoms with Crippen molar-refractivity contribution in [2.75, 3.05) is 13.1 Å². The maximum absolute atomic E-state index is 11.9. The van der Waals surface area contributed by atoms with E-state index >= 15 is 0 Å². The van der Waals surface area contributed by atoms with E-state index in [0.29, 0.717) is 13.1 Å². The fourth-order valence-electron chi connectivity index (χ4n) is 1.96. The Hall–Kier alpha value is -2.91. The molecule has 0 aromatic carbocycles. The van der Waals surface area contributed by atoms with E-state index in [-0.39, 0.29) is 23.3 Å². The second-order valence-electron chi connectivity index (χ2n) is 4.41. The molecule has 3 heterocycles. The molecule has 1 aliphatic rings. The summed E-state index contributed by atoms with van der Waals surface area (Å²) in [5.41, 5.74) is -0.379. The minimum atomic E-state index is -1.14. The quantitative estimate of drug-likeness (QED) is 0.637. The fraction of sp³-hybridized carbons (Fsp3) is 0.300. The number of aromatic amines is 2. The van der Waals surface area contributed by atoms with Gasteiger partial charge in [0.1, 0.15) is 5.69 Å². The number of amides is 1. The third-order valence-corrected chi connectivity index (χ3v) is 3.08. The topological polar surface area (TPSA) is 137 Å². The number of carbonyl (C=O) groups is 2. The molecule has 0 saturated carbocycles. The second kappa shape index (κ2) is 4.33. The van der Waals surface area contributed by atoms with Gasteiger partial charge in [-0.2, -0.15) is 0 Å². The molecule has 3 N–H and O–H groups in total. The van der Waals surface area contributed by atoms with Gasteiger partial charge in [0, 0.05) is 19.3 Å². The summed E-state index contributed by atoms with van der Waals surface area (Å²) in [6.45, 7) is 0.767. The summed E-state index contributed by atoms with van der Waals surface area (Å²) in [5, 5.41) is 16.0. The Kier molecular flexibility index (Phi) is 2.63. The largest absolute Gasteiger partial charge is 0.476 e. The second-order valence-corrected chi connectivity index (χ2v) is 4.41. The highest BCUT2D eigenvalue weighted by atomic mass is 16.4. The number of nitrogens with one attached hydrogen (secondary N) is 2. The van der Waals surface area contributed by atoms with Gasteiger partial charge in [-0.15, -0.1) is 5.10 Å². The molecule has 10 heteroatoms. The first kappa shape index (κ1) is 12.1. The van der Waals surface area contributed by atoms with E-state index in [2.05, 4.69) is 20.3 Å². The van der Waals surface area contributed by atoms with Crippen molar-refractivity contribution < 1.29 is 14.7 Å². The summed E-state index contributed by atoms with van der Waals surface area (Å²) >= 11 is 0. The number of likely N-dealkylation sites (tertiary alicyclic amines) is 1. The molecule has 1 saturated heterocycles. The van der Waals surface area contributed by atoms with Gasteiger partial charge in [-0.3, -0.25) is 4.79 Å². The van der Waals surface area contributed by atoms with Crippen LogP contribution in [-0.2, 0) is 0 Å². The first-order valence-electron chi connectivity index (χ1n) is 5.76. The Labute approximate surface area is 111 Å². The molecule has 0 spiro atoms. The van der Waals surface area contributed by atoms with Gasteiger partial charge in [0.15, 0.2) is 5.69 Å². The van der Waals surface area contributed by atoms with Crippen LogP contribution in [0.2, 0.25) is 0 Å². The molecule has 0 atom stereocenters. The van der Waals surface area contributed by atoms with Crippen LogP contribution in [0.15, 0.2) is 17.2 Å². The summed E-state index contributed by atoms with van der Waals surface area (Å²) in [6.07, 6.45) is 2.64. The number of carbonyl (C=O) groups excluding carboxylic acids is 1. The van der Waals surface area contributed by atoms with Gasteiger partial charge in [-0.25, -0.2) is 14.3 Å². The zero-order valence-corrected chi connectivity index (χ0v) is 10.1. The average molecular weight is 278 g/mol. The van der Waals surface area contributed by atoms with Gasteiger partial charge in [0.2, 0.25) is 0 Å². The Balaban J connectivity index is 1.64. The summed E-state index contributed by atoms with van der Waals surface area (Å²) in [6, 6.07) is -0.106. The molecule has 0 radical (unpaired) electrons. The minimum absolute atomic E-state index is 0.106. The van der Waals surface area contributed by atoms with Crippen LogP contribution in [0.3, 0.4) is 0 Å². The van der Waals surface area contributed by atoms with E-state index < -0.39 is 11.7 Å².